The number of amides is 2. The number of piperidine rings is 1. The van der Waals surface area contributed by atoms with E-state index >= 15 is 0 Å². The largest absolute Gasteiger partial charge is 0.353 e. The molecular formula is C23H40N4O2. The van der Waals surface area contributed by atoms with Crippen LogP contribution in [0.3, 0.4) is 0 Å². The lowest BCUT2D eigenvalue weighted by Crippen LogP contribution is -2.55. The highest BCUT2D eigenvalue weighted by Crippen LogP contribution is 2.27. The molecule has 0 radical (unpaired) electrons. The van der Waals surface area contributed by atoms with E-state index < -0.39 is 0 Å². The second-order valence-corrected chi connectivity index (χ2v) is 9.83. The Morgan fingerprint density at radius 2 is 1.45 bits per heavy atom. The van der Waals surface area contributed by atoms with E-state index in [2.05, 4.69) is 20.0 Å². The first kappa shape index (κ1) is 21.1. The van der Waals surface area contributed by atoms with Crippen molar-refractivity contribution in [2.24, 2.45) is 5.92 Å². The van der Waals surface area contributed by atoms with Crippen molar-refractivity contribution in [2.45, 2.75) is 82.7 Å². The minimum atomic E-state index is 0.246. The monoisotopic (exact) mass is 404 g/mol. The van der Waals surface area contributed by atoms with Crippen LogP contribution in [0.25, 0.3) is 0 Å². The molecule has 4 fully saturated rings. The van der Waals surface area contributed by atoms with E-state index in [1.54, 1.807) is 0 Å². The van der Waals surface area contributed by atoms with Crippen molar-refractivity contribution < 1.29 is 9.59 Å². The maximum atomic E-state index is 12.7. The van der Waals surface area contributed by atoms with Crippen LogP contribution in [0.1, 0.15) is 70.6 Å². The molecule has 4 aliphatic rings. The molecule has 1 N–H and O–H groups in total. The Morgan fingerprint density at radius 1 is 0.759 bits per heavy atom. The number of nitrogens with one attached hydrogen (secondary N) is 1. The Hall–Kier alpha value is -1.14. The first-order valence-electron chi connectivity index (χ1n) is 12.2. The predicted molar refractivity (Wildman–Crippen MR) is 115 cm³/mol. The van der Waals surface area contributed by atoms with Gasteiger partial charge in [0.15, 0.2) is 0 Å². The van der Waals surface area contributed by atoms with Crippen molar-refractivity contribution in [3.63, 3.8) is 0 Å². The molecule has 6 nitrogen and oxygen atoms in total. The fraction of sp³-hybridized carbons (Fsp3) is 0.913. The fourth-order valence-electron chi connectivity index (χ4n) is 5.56. The Balaban J connectivity index is 1.11. The third-order valence-corrected chi connectivity index (χ3v) is 7.77. The third kappa shape index (κ3) is 5.94. The van der Waals surface area contributed by atoms with E-state index in [4.69, 9.17) is 0 Å². The van der Waals surface area contributed by atoms with Gasteiger partial charge in [-0.05, 0) is 44.4 Å². The van der Waals surface area contributed by atoms with Gasteiger partial charge in [0.2, 0.25) is 11.8 Å². The average molecular weight is 405 g/mol. The Kier molecular flexibility index (Phi) is 7.46. The number of piperazine rings is 1. The van der Waals surface area contributed by atoms with E-state index in [9.17, 15) is 9.59 Å². The third-order valence-electron chi connectivity index (χ3n) is 7.77. The topological polar surface area (TPSA) is 55.9 Å². The SMILES string of the molecule is O=C(CC1CCCCC1)NC1CCN(CC(=O)N2CCN(C3CCC3)CC2)CC1. The highest BCUT2D eigenvalue weighted by atomic mass is 16.2. The molecule has 0 atom stereocenters. The zero-order valence-electron chi connectivity index (χ0n) is 18.1. The van der Waals surface area contributed by atoms with Crippen molar-refractivity contribution in [3.8, 4) is 0 Å². The summed E-state index contributed by atoms with van der Waals surface area (Å²) in [6, 6.07) is 1.09. The Bertz CT molecular complexity index is 543. The van der Waals surface area contributed by atoms with E-state index in [0.29, 0.717) is 24.9 Å². The summed E-state index contributed by atoms with van der Waals surface area (Å²) in [7, 11) is 0. The number of rotatable bonds is 6. The van der Waals surface area contributed by atoms with Gasteiger partial charge in [-0.2, -0.15) is 0 Å². The lowest BCUT2D eigenvalue weighted by Gasteiger charge is -2.43. The minimum Gasteiger partial charge on any atom is -0.353 e. The van der Waals surface area contributed by atoms with Gasteiger partial charge in [-0.1, -0.05) is 25.7 Å². The van der Waals surface area contributed by atoms with Gasteiger partial charge in [-0.3, -0.25) is 19.4 Å². The summed E-state index contributed by atoms with van der Waals surface area (Å²) in [5, 5.41) is 3.26. The molecule has 0 unspecified atom stereocenters. The molecule has 0 aromatic heterocycles. The average Bonchev–Trinajstić information content (AvgIpc) is 2.69. The van der Waals surface area contributed by atoms with Gasteiger partial charge in [0.1, 0.15) is 0 Å². The summed E-state index contributed by atoms with van der Waals surface area (Å²) in [6.45, 7) is 6.26. The van der Waals surface area contributed by atoms with Gasteiger partial charge >= 0.3 is 0 Å². The number of carbonyl (C=O) groups excluding carboxylic acids is 2. The summed E-state index contributed by atoms with van der Waals surface area (Å²) >= 11 is 0. The van der Waals surface area contributed by atoms with Gasteiger partial charge in [0.25, 0.3) is 0 Å². The normalized spacial score (nSPS) is 26.3. The van der Waals surface area contributed by atoms with Crippen molar-refractivity contribution in [1.82, 2.24) is 20.0 Å². The quantitative estimate of drug-likeness (QED) is 0.738. The molecule has 0 aromatic rings. The predicted octanol–water partition coefficient (Wildman–Crippen LogP) is 2.23. The molecule has 4 rings (SSSR count). The first-order chi connectivity index (χ1) is 14.2. The lowest BCUT2D eigenvalue weighted by atomic mass is 9.86. The first-order valence-corrected chi connectivity index (χ1v) is 12.2. The van der Waals surface area contributed by atoms with E-state index in [0.717, 1.165) is 58.2 Å². The lowest BCUT2D eigenvalue weighted by molar-refractivity contribution is -0.135. The molecule has 2 saturated carbocycles. The highest BCUT2D eigenvalue weighted by Gasteiger charge is 2.30. The van der Waals surface area contributed by atoms with E-state index in [-0.39, 0.29) is 11.8 Å². The summed E-state index contributed by atoms with van der Waals surface area (Å²) in [5.41, 5.74) is 0. The van der Waals surface area contributed by atoms with Crippen LogP contribution in [-0.4, -0.2) is 84.4 Å². The molecule has 2 aliphatic heterocycles. The zero-order valence-corrected chi connectivity index (χ0v) is 18.1. The highest BCUT2D eigenvalue weighted by molar-refractivity contribution is 5.78. The molecule has 6 heteroatoms. The maximum absolute atomic E-state index is 12.7. The van der Waals surface area contributed by atoms with Gasteiger partial charge in [-0.25, -0.2) is 0 Å². The second kappa shape index (κ2) is 10.3. The number of likely N-dealkylation sites (tertiary alicyclic amines) is 1. The smallest absolute Gasteiger partial charge is 0.236 e. The van der Waals surface area contributed by atoms with Crippen LogP contribution in [0.5, 0.6) is 0 Å². The fourth-order valence-corrected chi connectivity index (χ4v) is 5.56. The van der Waals surface area contributed by atoms with Crippen LogP contribution in [0, 0.1) is 5.92 Å². The van der Waals surface area contributed by atoms with Gasteiger partial charge in [-0.15, -0.1) is 0 Å². The molecule has 2 saturated heterocycles. The standard InChI is InChI=1S/C23H40N4O2/c28-22(17-19-5-2-1-3-6-19)24-20-9-11-25(12-10-20)18-23(29)27-15-13-26(14-16-27)21-7-4-8-21/h19-21H,1-18H2,(H,24,28). The second-order valence-electron chi connectivity index (χ2n) is 9.83. The van der Waals surface area contributed by atoms with E-state index in [1.165, 1.54) is 51.4 Å². The van der Waals surface area contributed by atoms with Gasteiger partial charge < -0.3 is 10.2 Å². The summed E-state index contributed by atoms with van der Waals surface area (Å²) < 4.78 is 0. The molecule has 0 spiro atoms. The molecule has 29 heavy (non-hydrogen) atoms. The van der Waals surface area contributed by atoms with Crippen LogP contribution < -0.4 is 5.32 Å². The summed E-state index contributed by atoms with van der Waals surface area (Å²) in [4.78, 5) is 32.0. The van der Waals surface area contributed by atoms with Crippen LogP contribution in [0.2, 0.25) is 0 Å². The number of hydrogen-bond acceptors (Lipinski definition) is 4. The zero-order chi connectivity index (χ0) is 20.1. The summed E-state index contributed by atoms with van der Waals surface area (Å²) in [6.07, 6.45) is 13.1. The number of carbonyl (C=O) groups is 2. The van der Waals surface area contributed by atoms with Crippen molar-refractivity contribution in [2.75, 3.05) is 45.8 Å². The van der Waals surface area contributed by atoms with Crippen molar-refractivity contribution in [1.29, 1.82) is 0 Å². The maximum Gasteiger partial charge on any atom is 0.236 e. The Morgan fingerprint density at radius 3 is 2.07 bits per heavy atom. The van der Waals surface area contributed by atoms with Crippen LogP contribution in [-0.2, 0) is 9.59 Å². The van der Waals surface area contributed by atoms with Crippen LogP contribution in [0.15, 0.2) is 0 Å². The number of nitrogens with zero attached hydrogens (tertiary/aromatic N) is 3. The molecular weight excluding hydrogens is 364 g/mol. The molecule has 0 bridgehead atoms. The van der Waals surface area contributed by atoms with E-state index in [1.807, 2.05) is 0 Å². The molecule has 0 aromatic carbocycles. The van der Waals surface area contributed by atoms with Crippen molar-refractivity contribution >= 4 is 11.8 Å². The molecule has 2 aliphatic carbocycles. The van der Waals surface area contributed by atoms with Crippen molar-refractivity contribution in [3.05, 3.63) is 0 Å². The van der Waals surface area contributed by atoms with Gasteiger partial charge in [0, 0.05) is 57.8 Å². The van der Waals surface area contributed by atoms with Crippen LogP contribution in [0.4, 0.5) is 0 Å². The molecule has 164 valence electrons. The minimum absolute atomic E-state index is 0.246. The number of hydrogen-bond donors (Lipinski definition) is 1. The molecule has 2 heterocycles. The van der Waals surface area contributed by atoms with Crippen LogP contribution >= 0.6 is 0 Å². The Labute approximate surface area is 176 Å². The van der Waals surface area contributed by atoms with Gasteiger partial charge in [0.05, 0.1) is 6.54 Å². The summed E-state index contributed by atoms with van der Waals surface area (Å²) in [5.74, 6) is 1.14. The molecule has 2 amide bonds.